The molecular weight excluding hydrogens is 380 g/mol. The SMILES string of the molecule is CCN1CCCC1CNC(=S)Nc1cc(C(F)(F)F)cc(C(F)(F)F)c1. The predicted octanol–water partition coefficient (Wildman–Crippen LogP) is 4.49. The summed E-state index contributed by atoms with van der Waals surface area (Å²) in [6.45, 7) is 4.33. The number of thiocarbonyl (C=S) groups is 1. The van der Waals surface area contributed by atoms with Crippen molar-refractivity contribution in [2.75, 3.05) is 25.0 Å². The third-order valence-electron chi connectivity index (χ3n) is 4.25. The normalized spacial score (nSPS) is 18.8. The van der Waals surface area contributed by atoms with Crippen molar-refractivity contribution in [3.05, 3.63) is 29.3 Å². The Morgan fingerprint density at radius 1 is 1.12 bits per heavy atom. The fourth-order valence-corrected chi connectivity index (χ4v) is 3.16. The zero-order valence-corrected chi connectivity index (χ0v) is 14.8. The van der Waals surface area contributed by atoms with E-state index in [4.69, 9.17) is 12.2 Å². The van der Waals surface area contributed by atoms with Crippen LogP contribution in [0, 0.1) is 0 Å². The van der Waals surface area contributed by atoms with Gasteiger partial charge in [-0.05, 0) is 56.3 Å². The van der Waals surface area contributed by atoms with Crippen molar-refractivity contribution >= 4 is 23.0 Å². The highest BCUT2D eigenvalue weighted by Gasteiger charge is 2.37. The molecule has 1 atom stereocenters. The molecule has 0 spiro atoms. The molecule has 2 rings (SSSR count). The third kappa shape index (κ3) is 5.47. The second-order valence-corrected chi connectivity index (χ2v) is 6.46. The summed E-state index contributed by atoms with van der Waals surface area (Å²) in [6.07, 6.45) is -7.77. The van der Waals surface area contributed by atoms with Crippen molar-refractivity contribution in [2.24, 2.45) is 0 Å². The molecule has 10 heteroatoms. The lowest BCUT2D eigenvalue weighted by molar-refractivity contribution is -0.143. The van der Waals surface area contributed by atoms with E-state index in [0.29, 0.717) is 18.7 Å². The fourth-order valence-electron chi connectivity index (χ4n) is 2.96. The molecule has 0 aliphatic carbocycles. The van der Waals surface area contributed by atoms with Crippen LogP contribution in [0.25, 0.3) is 0 Å². The van der Waals surface area contributed by atoms with Crippen molar-refractivity contribution in [3.8, 4) is 0 Å². The van der Waals surface area contributed by atoms with Gasteiger partial charge in [0.15, 0.2) is 5.11 Å². The van der Waals surface area contributed by atoms with Crippen molar-refractivity contribution < 1.29 is 26.3 Å². The van der Waals surface area contributed by atoms with Gasteiger partial charge in [-0.25, -0.2) is 0 Å². The van der Waals surface area contributed by atoms with Crippen LogP contribution in [0.15, 0.2) is 18.2 Å². The molecule has 1 heterocycles. The lowest BCUT2D eigenvalue weighted by Crippen LogP contribution is -2.41. The number of benzene rings is 1. The van der Waals surface area contributed by atoms with Gasteiger partial charge in [0.1, 0.15) is 0 Å². The highest BCUT2D eigenvalue weighted by molar-refractivity contribution is 7.80. The number of nitrogens with zero attached hydrogens (tertiary/aromatic N) is 1. The smallest absolute Gasteiger partial charge is 0.361 e. The summed E-state index contributed by atoms with van der Waals surface area (Å²) in [5, 5.41) is 5.28. The zero-order chi connectivity index (χ0) is 19.5. The highest BCUT2D eigenvalue weighted by Crippen LogP contribution is 2.37. The molecule has 0 bridgehead atoms. The number of hydrogen-bond donors (Lipinski definition) is 2. The Morgan fingerprint density at radius 2 is 1.69 bits per heavy atom. The lowest BCUT2D eigenvalue weighted by Gasteiger charge is -2.24. The van der Waals surface area contributed by atoms with Crippen LogP contribution >= 0.6 is 12.2 Å². The van der Waals surface area contributed by atoms with E-state index in [2.05, 4.69) is 15.5 Å². The van der Waals surface area contributed by atoms with E-state index in [1.54, 1.807) is 0 Å². The Hall–Kier alpha value is -1.55. The van der Waals surface area contributed by atoms with Crippen LogP contribution in [0.2, 0.25) is 0 Å². The number of anilines is 1. The molecule has 1 aliphatic heterocycles. The lowest BCUT2D eigenvalue weighted by atomic mass is 10.1. The van der Waals surface area contributed by atoms with Gasteiger partial charge in [-0.15, -0.1) is 0 Å². The molecule has 0 aromatic heterocycles. The molecule has 1 aliphatic rings. The van der Waals surface area contributed by atoms with Gasteiger partial charge in [-0.3, -0.25) is 4.90 Å². The van der Waals surface area contributed by atoms with E-state index in [-0.39, 0.29) is 22.9 Å². The van der Waals surface area contributed by atoms with Gasteiger partial charge in [0.25, 0.3) is 0 Å². The average Bonchev–Trinajstić information content (AvgIpc) is 2.98. The Bertz CT molecular complexity index is 612. The molecule has 26 heavy (non-hydrogen) atoms. The van der Waals surface area contributed by atoms with Gasteiger partial charge >= 0.3 is 12.4 Å². The van der Waals surface area contributed by atoms with Crippen LogP contribution in [-0.4, -0.2) is 35.7 Å². The first-order chi connectivity index (χ1) is 12.0. The first kappa shape index (κ1) is 20.8. The summed E-state index contributed by atoms with van der Waals surface area (Å²) in [5.74, 6) is 0. The van der Waals surface area contributed by atoms with Crippen molar-refractivity contribution in [1.29, 1.82) is 0 Å². The topological polar surface area (TPSA) is 27.3 Å². The molecule has 1 aromatic carbocycles. The summed E-state index contributed by atoms with van der Waals surface area (Å²) >= 11 is 5.02. The molecule has 1 fully saturated rings. The second-order valence-electron chi connectivity index (χ2n) is 6.05. The molecular formula is C16H19F6N3S. The quantitative estimate of drug-likeness (QED) is 0.576. The Labute approximate surface area is 152 Å². The minimum absolute atomic E-state index is 0.0135. The van der Waals surface area contributed by atoms with Gasteiger partial charge in [0.2, 0.25) is 0 Å². The van der Waals surface area contributed by atoms with Crippen LogP contribution in [0.4, 0.5) is 32.0 Å². The van der Waals surface area contributed by atoms with Crippen LogP contribution < -0.4 is 10.6 Å². The number of nitrogens with one attached hydrogen (secondary N) is 2. The van der Waals surface area contributed by atoms with Gasteiger partial charge in [-0.1, -0.05) is 6.92 Å². The van der Waals surface area contributed by atoms with Crippen molar-refractivity contribution in [3.63, 3.8) is 0 Å². The fraction of sp³-hybridized carbons (Fsp3) is 0.562. The molecule has 0 amide bonds. The highest BCUT2D eigenvalue weighted by atomic mass is 32.1. The Kier molecular flexibility index (Phi) is 6.38. The van der Waals surface area contributed by atoms with Crippen molar-refractivity contribution in [1.82, 2.24) is 10.2 Å². The van der Waals surface area contributed by atoms with Gasteiger partial charge in [0.05, 0.1) is 11.1 Å². The van der Waals surface area contributed by atoms with E-state index < -0.39 is 23.5 Å². The number of likely N-dealkylation sites (N-methyl/N-ethyl adjacent to an activating group) is 1. The van der Waals surface area contributed by atoms with E-state index in [1.807, 2.05) is 6.92 Å². The van der Waals surface area contributed by atoms with Gasteiger partial charge < -0.3 is 10.6 Å². The maximum absolute atomic E-state index is 12.9. The summed E-state index contributed by atoms with van der Waals surface area (Å²) in [6, 6.07) is 1.54. The Morgan fingerprint density at radius 3 is 2.19 bits per heavy atom. The summed E-state index contributed by atoms with van der Waals surface area (Å²) in [5.41, 5.74) is -3.13. The molecule has 3 nitrogen and oxygen atoms in total. The second kappa shape index (κ2) is 7.99. The summed E-state index contributed by atoms with van der Waals surface area (Å²) in [4.78, 5) is 2.24. The monoisotopic (exact) mass is 399 g/mol. The molecule has 1 unspecified atom stereocenters. The van der Waals surface area contributed by atoms with E-state index in [1.165, 1.54) is 0 Å². The maximum atomic E-state index is 12.9. The number of likely N-dealkylation sites (tertiary alicyclic amines) is 1. The third-order valence-corrected chi connectivity index (χ3v) is 4.50. The number of hydrogen-bond acceptors (Lipinski definition) is 2. The average molecular weight is 399 g/mol. The minimum atomic E-state index is -4.89. The summed E-state index contributed by atoms with van der Waals surface area (Å²) < 4.78 is 77.2. The van der Waals surface area contributed by atoms with Crippen LogP contribution in [-0.2, 0) is 12.4 Å². The predicted molar refractivity (Wildman–Crippen MR) is 90.9 cm³/mol. The number of halogens is 6. The van der Waals surface area contributed by atoms with Crippen LogP contribution in [0.3, 0.4) is 0 Å². The zero-order valence-electron chi connectivity index (χ0n) is 14.0. The van der Waals surface area contributed by atoms with Gasteiger partial charge in [-0.2, -0.15) is 26.3 Å². The molecule has 1 saturated heterocycles. The van der Waals surface area contributed by atoms with Crippen LogP contribution in [0.1, 0.15) is 30.9 Å². The first-order valence-corrected chi connectivity index (χ1v) is 8.50. The molecule has 146 valence electrons. The molecule has 1 aromatic rings. The maximum Gasteiger partial charge on any atom is 0.416 e. The first-order valence-electron chi connectivity index (χ1n) is 8.09. The Balaban J connectivity index is 2.08. The van der Waals surface area contributed by atoms with E-state index in [0.717, 1.165) is 25.9 Å². The van der Waals surface area contributed by atoms with Crippen LogP contribution in [0.5, 0.6) is 0 Å². The van der Waals surface area contributed by atoms with E-state index >= 15 is 0 Å². The molecule has 0 radical (unpaired) electrons. The minimum Gasteiger partial charge on any atom is -0.361 e. The largest absolute Gasteiger partial charge is 0.416 e. The van der Waals surface area contributed by atoms with Gasteiger partial charge in [0, 0.05) is 18.3 Å². The molecule has 2 N–H and O–H groups in total. The number of rotatable bonds is 4. The molecule has 0 saturated carbocycles. The standard InChI is InChI=1S/C16H19F6N3S/c1-2-25-5-3-4-13(25)9-23-14(26)24-12-7-10(15(17,18)19)6-11(8-12)16(20,21)22/h6-8,13H,2-5,9H2,1H3,(H2,23,24,26). The van der Waals surface area contributed by atoms with E-state index in [9.17, 15) is 26.3 Å². The number of alkyl halides is 6. The summed E-state index contributed by atoms with van der Waals surface area (Å²) in [7, 11) is 0. The van der Waals surface area contributed by atoms with Crippen molar-refractivity contribution in [2.45, 2.75) is 38.2 Å².